The summed E-state index contributed by atoms with van der Waals surface area (Å²) in [4.78, 5) is 3.88. The molecule has 1 aromatic carbocycles. The average Bonchev–Trinajstić information content (AvgIpc) is 2.70. The van der Waals surface area contributed by atoms with E-state index in [1.165, 1.54) is 5.56 Å². The molecule has 0 aliphatic heterocycles. The maximum absolute atomic E-state index is 3.88. The van der Waals surface area contributed by atoms with E-state index in [4.69, 9.17) is 0 Å². The Hall–Kier alpha value is -1.09. The van der Waals surface area contributed by atoms with Crippen LogP contribution < -0.4 is 0 Å². The van der Waals surface area contributed by atoms with Crippen LogP contribution in [0.25, 0.3) is 0 Å². The summed E-state index contributed by atoms with van der Waals surface area (Å²) in [6, 6.07) is 8.38. The van der Waals surface area contributed by atoms with E-state index < -0.39 is 0 Å². The van der Waals surface area contributed by atoms with E-state index in [9.17, 15) is 0 Å². The minimum atomic E-state index is 0.932. The molecule has 0 aliphatic carbocycles. The average molecular weight is 250 g/mol. The largest absolute Gasteiger partial charge is 0.328 e. The van der Waals surface area contributed by atoms with E-state index in [-0.39, 0.29) is 0 Å². The molecule has 0 fully saturated rings. The highest BCUT2D eigenvalue weighted by atomic mass is 79.9. The van der Waals surface area contributed by atoms with Crippen molar-refractivity contribution >= 4 is 15.9 Å². The van der Waals surface area contributed by atoms with Crippen LogP contribution in [0, 0.1) is 6.33 Å². The van der Waals surface area contributed by atoms with Gasteiger partial charge in [0.05, 0.1) is 0 Å². The summed E-state index contributed by atoms with van der Waals surface area (Å²) >= 11 is 3.41. The zero-order valence-electron chi connectivity index (χ0n) is 7.65. The minimum Gasteiger partial charge on any atom is -0.328 e. The highest BCUT2D eigenvalue weighted by Gasteiger charge is 1.94. The van der Waals surface area contributed by atoms with E-state index in [0.29, 0.717) is 0 Å². The van der Waals surface area contributed by atoms with Gasteiger partial charge in [0.1, 0.15) is 0 Å². The second kappa shape index (κ2) is 4.42. The topological polar surface area (TPSA) is 17.8 Å². The summed E-state index contributed by atoms with van der Waals surface area (Å²) in [7, 11) is 0. The standard InChI is InChI=1S/C11H10BrN2/c12-11-3-1-10(2-4-11)5-7-14-8-6-13-9-14/h1-4,6,8H,5,7H2. The lowest BCUT2D eigenvalue weighted by atomic mass is 10.1. The molecule has 0 amide bonds. The molecule has 0 N–H and O–H groups in total. The third kappa shape index (κ3) is 2.45. The molecular formula is C11H10BrN2. The Morgan fingerprint density at radius 3 is 2.71 bits per heavy atom. The molecule has 2 rings (SSSR count). The number of imidazole rings is 1. The highest BCUT2D eigenvalue weighted by Crippen LogP contribution is 2.11. The fraction of sp³-hybridized carbons (Fsp3) is 0.182. The van der Waals surface area contributed by atoms with Gasteiger partial charge in [-0.1, -0.05) is 28.1 Å². The van der Waals surface area contributed by atoms with Crippen molar-refractivity contribution in [3.63, 3.8) is 0 Å². The predicted octanol–water partition coefficient (Wildman–Crippen LogP) is 2.69. The monoisotopic (exact) mass is 249 g/mol. The zero-order valence-corrected chi connectivity index (χ0v) is 9.24. The van der Waals surface area contributed by atoms with Gasteiger partial charge in [-0.25, -0.2) is 4.98 Å². The van der Waals surface area contributed by atoms with Crippen LogP contribution in [0.15, 0.2) is 41.1 Å². The van der Waals surface area contributed by atoms with Crippen LogP contribution in [0.5, 0.6) is 0 Å². The third-order valence-electron chi connectivity index (χ3n) is 2.06. The smallest absolute Gasteiger partial charge is 0.176 e. The Bertz CT molecular complexity index is 378. The summed E-state index contributed by atoms with van der Waals surface area (Å²) in [6.45, 7) is 0.932. The van der Waals surface area contributed by atoms with Gasteiger partial charge in [0.15, 0.2) is 6.33 Å². The van der Waals surface area contributed by atoms with Crippen LogP contribution in [-0.2, 0) is 13.0 Å². The molecule has 0 unspecified atom stereocenters. The van der Waals surface area contributed by atoms with Gasteiger partial charge in [0.2, 0.25) is 0 Å². The van der Waals surface area contributed by atoms with Gasteiger partial charge in [0.25, 0.3) is 0 Å². The molecule has 0 atom stereocenters. The SMILES string of the molecule is Brc1ccc(CCn2[c]ncc2)cc1. The van der Waals surface area contributed by atoms with E-state index in [1.54, 1.807) is 6.20 Å². The van der Waals surface area contributed by atoms with Crippen molar-refractivity contribution in [3.8, 4) is 0 Å². The predicted molar refractivity (Wildman–Crippen MR) is 58.9 cm³/mol. The number of rotatable bonds is 3. The Balaban J connectivity index is 1.95. The second-order valence-electron chi connectivity index (χ2n) is 3.10. The Kier molecular flexibility index (Phi) is 2.99. The van der Waals surface area contributed by atoms with Gasteiger partial charge in [-0.15, -0.1) is 0 Å². The number of aromatic nitrogens is 2. The van der Waals surface area contributed by atoms with E-state index >= 15 is 0 Å². The second-order valence-corrected chi connectivity index (χ2v) is 4.01. The van der Waals surface area contributed by atoms with Crippen molar-refractivity contribution in [2.75, 3.05) is 0 Å². The Morgan fingerprint density at radius 2 is 2.07 bits per heavy atom. The third-order valence-corrected chi connectivity index (χ3v) is 2.59. The molecule has 0 spiro atoms. The molecule has 1 heterocycles. The van der Waals surface area contributed by atoms with Crippen molar-refractivity contribution in [2.24, 2.45) is 0 Å². The van der Waals surface area contributed by atoms with Crippen LogP contribution in [0.2, 0.25) is 0 Å². The van der Waals surface area contributed by atoms with Gasteiger partial charge in [-0.3, -0.25) is 0 Å². The van der Waals surface area contributed by atoms with Crippen LogP contribution in [0.4, 0.5) is 0 Å². The van der Waals surface area contributed by atoms with E-state index in [1.807, 2.05) is 10.8 Å². The highest BCUT2D eigenvalue weighted by molar-refractivity contribution is 9.10. The van der Waals surface area contributed by atoms with Gasteiger partial charge in [0, 0.05) is 23.4 Å². The van der Waals surface area contributed by atoms with Gasteiger partial charge in [-0.2, -0.15) is 0 Å². The zero-order chi connectivity index (χ0) is 9.80. The molecule has 14 heavy (non-hydrogen) atoms. The summed E-state index contributed by atoms with van der Waals surface area (Å²) < 4.78 is 3.08. The molecule has 2 nitrogen and oxygen atoms in total. The van der Waals surface area contributed by atoms with Crippen LogP contribution in [0.3, 0.4) is 0 Å². The fourth-order valence-corrected chi connectivity index (χ4v) is 1.54. The number of aryl methyl sites for hydroxylation is 2. The van der Waals surface area contributed by atoms with Crippen molar-refractivity contribution in [1.82, 2.24) is 9.55 Å². The summed E-state index contributed by atoms with van der Waals surface area (Å²) in [6.07, 6.45) is 7.57. The van der Waals surface area contributed by atoms with E-state index in [0.717, 1.165) is 17.4 Å². The molecule has 0 aliphatic rings. The van der Waals surface area contributed by atoms with Crippen LogP contribution in [-0.4, -0.2) is 9.55 Å². The lowest BCUT2D eigenvalue weighted by Crippen LogP contribution is -1.98. The number of hydrogen-bond donors (Lipinski definition) is 0. The lowest BCUT2D eigenvalue weighted by Gasteiger charge is -2.01. The van der Waals surface area contributed by atoms with E-state index in [2.05, 4.69) is 51.5 Å². The van der Waals surface area contributed by atoms with Crippen molar-refractivity contribution in [2.45, 2.75) is 13.0 Å². The summed E-state index contributed by atoms with van der Waals surface area (Å²) in [5.41, 5.74) is 1.33. The van der Waals surface area contributed by atoms with Gasteiger partial charge < -0.3 is 4.57 Å². The van der Waals surface area contributed by atoms with Crippen molar-refractivity contribution < 1.29 is 0 Å². The molecule has 1 aromatic heterocycles. The molecule has 0 saturated carbocycles. The number of nitrogens with zero attached hydrogens (tertiary/aromatic N) is 2. The molecule has 1 radical (unpaired) electrons. The van der Waals surface area contributed by atoms with Crippen molar-refractivity contribution in [1.29, 1.82) is 0 Å². The first-order valence-electron chi connectivity index (χ1n) is 4.48. The first-order valence-corrected chi connectivity index (χ1v) is 5.27. The molecular weight excluding hydrogens is 240 g/mol. The minimum absolute atomic E-state index is 0.932. The number of benzene rings is 1. The van der Waals surface area contributed by atoms with Crippen molar-refractivity contribution in [3.05, 3.63) is 53.0 Å². The summed E-state index contributed by atoms with van der Waals surface area (Å²) in [5, 5.41) is 0. The lowest BCUT2D eigenvalue weighted by molar-refractivity contribution is 0.690. The van der Waals surface area contributed by atoms with Crippen LogP contribution in [0.1, 0.15) is 5.56 Å². The van der Waals surface area contributed by atoms with Gasteiger partial charge >= 0.3 is 0 Å². The van der Waals surface area contributed by atoms with Gasteiger partial charge in [-0.05, 0) is 24.1 Å². The normalized spacial score (nSPS) is 10.4. The fourth-order valence-electron chi connectivity index (χ4n) is 1.28. The first-order chi connectivity index (χ1) is 6.84. The van der Waals surface area contributed by atoms with Crippen LogP contribution >= 0.6 is 15.9 Å². The Morgan fingerprint density at radius 1 is 1.29 bits per heavy atom. The molecule has 2 aromatic rings. The maximum Gasteiger partial charge on any atom is 0.176 e. The first kappa shape index (κ1) is 9.46. The number of halogens is 1. The summed E-state index contributed by atoms with van der Waals surface area (Å²) in [5.74, 6) is 0. The number of hydrogen-bond acceptors (Lipinski definition) is 1. The molecule has 3 heteroatoms. The molecule has 71 valence electrons. The molecule has 0 saturated heterocycles. The molecule has 0 bridgehead atoms. The quantitative estimate of drug-likeness (QED) is 0.818. The Labute approximate surface area is 91.7 Å². The maximum atomic E-state index is 3.88.